The summed E-state index contributed by atoms with van der Waals surface area (Å²) in [6, 6.07) is 10.1. The smallest absolute Gasteiger partial charge is 0.256 e. The number of carbonyl (C=O) groups excluding carboxylic acids is 1. The highest BCUT2D eigenvalue weighted by molar-refractivity contribution is 9.10. The second kappa shape index (κ2) is 5.53. The molecule has 0 fully saturated rings. The van der Waals surface area contributed by atoms with Crippen LogP contribution in [0.15, 0.2) is 40.9 Å². The fourth-order valence-electron chi connectivity index (χ4n) is 1.94. The van der Waals surface area contributed by atoms with Crippen LogP contribution in [0.3, 0.4) is 0 Å². The van der Waals surface area contributed by atoms with Crippen LogP contribution < -0.4 is 5.32 Å². The third-order valence-corrected chi connectivity index (χ3v) is 3.49. The molecule has 0 heterocycles. The Morgan fingerprint density at radius 1 is 1.16 bits per heavy atom. The van der Waals surface area contributed by atoms with E-state index in [9.17, 15) is 9.18 Å². The summed E-state index contributed by atoms with van der Waals surface area (Å²) < 4.78 is 13.5. The van der Waals surface area contributed by atoms with Crippen LogP contribution in [-0.2, 0) is 0 Å². The van der Waals surface area contributed by atoms with Gasteiger partial charge in [-0.05, 0) is 59.1 Å². The molecule has 4 heteroatoms. The first-order valence-corrected chi connectivity index (χ1v) is 6.61. The van der Waals surface area contributed by atoms with Gasteiger partial charge in [-0.2, -0.15) is 0 Å². The van der Waals surface area contributed by atoms with Crippen LogP contribution in [0.1, 0.15) is 21.5 Å². The molecule has 0 bridgehead atoms. The molecule has 0 aliphatic heterocycles. The maximum atomic E-state index is 13.1. The largest absolute Gasteiger partial charge is 0.322 e. The molecule has 0 saturated heterocycles. The molecule has 1 amide bonds. The molecule has 0 aromatic heterocycles. The fourth-order valence-corrected chi connectivity index (χ4v) is 2.32. The van der Waals surface area contributed by atoms with Crippen molar-refractivity contribution in [2.24, 2.45) is 0 Å². The van der Waals surface area contributed by atoms with Crippen LogP contribution in [0.5, 0.6) is 0 Å². The predicted molar refractivity (Wildman–Crippen MR) is 78.0 cm³/mol. The summed E-state index contributed by atoms with van der Waals surface area (Å²) in [5.74, 6) is -0.542. The summed E-state index contributed by atoms with van der Waals surface area (Å²) in [5, 5.41) is 2.77. The molecule has 0 saturated carbocycles. The molecular formula is C15H13BrFNO. The lowest BCUT2D eigenvalue weighted by molar-refractivity contribution is 0.102. The molecule has 0 unspecified atom stereocenters. The number of carbonyl (C=O) groups is 1. The molecule has 0 aliphatic carbocycles. The Morgan fingerprint density at radius 2 is 1.79 bits per heavy atom. The second-order valence-electron chi connectivity index (χ2n) is 4.35. The Bertz CT molecular complexity index is 620. The molecule has 0 radical (unpaired) electrons. The van der Waals surface area contributed by atoms with Gasteiger partial charge in [-0.3, -0.25) is 4.79 Å². The van der Waals surface area contributed by atoms with Gasteiger partial charge in [-0.25, -0.2) is 4.39 Å². The molecule has 0 spiro atoms. The van der Waals surface area contributed by atoms with Gasteiger partial charge in [0.1, 0.15) is 5.82 Å². The van der Waals surface area contributed by atoms with Gasteiger partial charge in [-0.1, -0.05) is 18.2 Å². The third-order valence-electron chi connectivity index (χ3n) is 2.89. The van der Waals surface area contributed by atoms with Gasteiger partial charge in [0.05, 0.1) is 4.47 Å². The maximum Gasteiger partial charge on any atom is 0.256 e. The van der Waals surface area contributed by atoms with Crippen molar-refractivity contribution in [3.63, 3.8) is 0 Å². The molecule has 2 nitrogen and oxygen atoms in total. The summed E-state index contributed by atoms with van der Waals surface area (Å²) in [4.78, 5) is 12.2. The average molecular weight is 322 g/mol. The lowest BCUT2D eigenvalue weighted by atomic mass is 10.0. The Hall–Kier alpha value is -1.68. The van der Waals surface area contributed by atoms with E-state index in [-0.39, 0.29) is 11.7 Å². The Kier molecular flexibility index (Phi) is 4.00. The summed E-state index contributed by atoms with van der Waals surface area (Å²) in [7, 11) is 0. The first-order valence-electron chi connectivity index (χ1n) is 5.81. The van der Waals surface area contributed by atoms with Crippen LogP contribution >= 0.6 is 15.9 Å². The van der Waals surface area contributed by atoms with Crippen molar-refractivity contribution >= 4 is 27.5 Å². The van der Waals surface area contributed by atoms with Crippen LogP contribution in [0.25, 0.3) is 0 Å². The monoisotopic (exact) mass is 321 g/mol. The molecule has 0 aliphatic rings. The number of benzene rings is 2. The van der Waals surface area contributed by atoms with Crippen molar-refractivity contribution < 1.29 is 9.18 Å². The van der Waals surface area contributed by atoms with E-state index in [1.54, 1.807) is 6.07 Å². The van der Waals surface area contributed by atoms with E-state index < -0.39 is 0 Å². The number of amides is 1. The molecule has 0 atom stereocenters. The lowest BCUT2D eigenvalue weighted by Gasteiger charge is -2.10. The molecule has 98 valence electrons. The molecule has 2 aromatic rings. The SMILES string of the molecule is Cc1cccc(C)c1C(=O)Nc1ccc(F)c(Br)c1. The van der Waals surface area contributed by atoms with Crippen LogP contribution in [0.4, 0.5) is 10.1 Å². The topological polar surface area (TPSA) is 29.1 Å². The summed E-state index contributed by atoms with van der Waals surface area (Å²) in [6.07, 6.45) is 0. The molecule has 2 aromatic carbocycles. The molecule has 1 N–H and O–H groups in total. The van der Waals surface area contributed by atoms with Gasteiger partial charge < -0.3 is 5.32 Å². The summed E-state index contributed by atoms with van der Waals surface area (Å²) in [5.41, 5.74) is 3.04. The zero-order valence-corrected chi connectivity index (χ0v) is 12.2. The van der Waals surface area contributed by atoms with Gasteiger partial charge in [-0.15, -0.1) is 0 Å². The van der Waals surface area contributed by atoms with Gasteiger partial charge >= 0.3 is 0 Å². The molecular weight excluding hydrogens is 309 g/mol. The number of hydrogen-bond donors (Lipinski definition) is 1. The van der Waals surface area contributed by atoms with E-state index in [0.29, 0.717) is 15.7 Å². The molecule has 19 heavy (non-hydrogen) atoms. The second-order valence-corrected chi connectivity index (χ2v) is 5.20. The van der Waals surface area contributed by atoms with Crippen LogP contribution in [0, 0.1) is 19.7 Å². The van der Waals surface area contributed by atoms with E-state index in [1.165, 1.54) is 12.1 Å². The highest BCUT2D eigenvalue weighted by Crippen LogP contribution is 2.21. The van der Waals surface area contributed by atoms with Crippen molar-refractivity contribution in [1.82, 2.24) is 0 Å². The number of halogens is 2. The Balaban J connectivity index is 2.28. The first kappa shape index (κ1) is 13.7. The Morgan fingerprint density at radius 3 is 2.37 bits per heavy atom. The first-order chi connectivity index (χ1) is 8.99. The highest BCUT2D eigenvalue weighted by Gasteiger charge is 2.12. The number of hydrogen-bond acceptors (Lipinski definition) is 1. The van der Waals surface area contributed by atoms with Crippen molar-refractivity contribution in [1.29, 1.82) is 0 Å². The molecule has 2 rings (SSSR count). The standard InChI is InChI=1S/C15H13BrFNO/c1-9-4-3-5-10(2)14(9)15(19)18-11-6-7-13(17)12(16)8-11/h3-8H,1-2H3,(H,18,19). The van der Waals surface area contributed by atoms with Crippen molar-refractivity contribution in [2.45, 2.75) is 13.8 Å². The van der Waals surface area contributed by atoms with E-state index in [0.717, 1.165) is 11.1 Å². The minimum Gasteiger partial charge on any atom is -0.322 e. The van der Waals surface area contributed by atoms with E-state index in [2.05, 4.69) is 21.2 Å². The summed E-state index contributed by atoms with van der Waals surface area (Å²) in [6.45, 7) is 3.78. The third kappa shape index (κ3) is 3.01. The van der Waals surface area contributed by atoms with E-state index >= 15 is 0 Å². The number of aryl methyl sites for hydroxylation is 2. The van der Waals surface area contributed by atoms with Crippen molar-refractivity contribution in [2.75, 3.05) is 5.32 Å². The zero-order valence-electron chi connectivity index (χ0n) is 10.6. The van der Waals surface area contributed by atoms with Gasteiger partial charge in [0, 0.05) is 11.3 Å². The van der Waals surface area contributed by atoms with E-state index in [1.807, 2.05) is 32.0 Å². The quantitative estimate of drug-likeness (QED) is 0.869. The van der Waals surface area contributed by atoms with Crippen LogP contribution in [0.2, 0.25) is 0 Å². The van der Waals surface area contributed by atoms with Crippen molar-refractivity contribution in [3.8, 4) is 0 Å². The van der Waals surface area contributed by atoms with Gasteiger partial charge in [0.15, 0.2) is 0 Å². The van der Waals surface area contributed by atoms with Crippen molar-refractivity contribution in [3.05, 3.63) is 63.4 Å². The summed E-state index contributed by atoms with van der Waals surface area (Å²) >= 11 is 3.09. The number of nitrogens with one attached hydrogen (secondary N) is 1. The van der Waals surface area contributed by atoms with Gasteiger partial charge in [0.25, 0.3) is 5.91 Å². The Labute approximate surface area is 119 Å². The van der Waals surface area contributed by atoms with Crippen LogP contribution in [-0.4, -0.2) is 5.91 Å². The minimum atomic E-state index is -0.356. The maximum absolute atomic E-state index is 13.1. The number of rotatable bonds is 2. The highest BCUT2D eigenvalue weighted by atomic mass is 79.9. The normalized spacial score (nSPS) is 10.3. The fraction of sp³-hybridized carbons (Fsp3) is 0.133. The lowest BCUT2D eigenvalue weighted by Crippen LogP contribution is -2.15. The zero-order chi connectivity index (χ0) is 14.0. The van der Waals surface area contributed by atoms with Gasteiger partial charge in [0.2, 0.25) is 0 Å². The number of anilines is 1. The predicted octanol–water partition coefficient (Wildman–Crippen LogP) is 4.46. The van der Waals surface area contributed by atoms with E-state index in [4.69, 9.17) is 0 Å². The average Bonchev–Trinajstić information content (AvgIpc) is 2.33. The minimum absolute atomic E-state index is 0.186.